The van der Waals surface area contributed by atoms with Crippen LogP contribution in [0, 0.1) is 5.82 Å². The van der Waals surface area contributed by atoms with Gasteiger partial charge >= 0.3 is 0 Å². The first kappa shape index (κ1) is 20.0. The SMILES string of the molecule is O=C(CCCC[C@H]1CCSS1)NC1CCN(Cc2ccc(F)cc2)CC1. The minimum absolute atomic E-state index is 0.184. The quantitative estimate of drug-likeness (QED) is 0.513. The molecule has 0 unspecified atom stereocenters. The molecule has 2 aliphatic heterocycles. The van der Waals surface area contributed by atoms with E-state index in [1.54, 1.807) is 0 Å². The minimum Gasteiger partial charge on any atom is -0.353 e. The molecule has 6 heteroatoms. The van der Waals surface area contributed by atoms with Gasteiger partial charge in [-0.05, 0) is 49.8 Å². The van der Waals surface area contributed by atoms with Gasteiger partial charge < -0.3 is 5.32 Å². The molecule has 3 nitrogen and oxygen atoms in total. The normalized spacial score (nSPS) is 21.8. The average molecular weight is 397 g/mol. The summed E-state index contributed by atoms with van der Waals surface area (Å²) in [5, 5.41) is 4.03. The number of halogens is 1. The first-order valence-electron chi connectivity index (χ1n) is 9.73. The number of amides is 1. The number of hydrogen-bond acceptors (Lipinski definition) is 4. The summed E-state index contributed by atoms with van der Waals surface area (Å²) in [5.41, 5.74) is 1.15. The zero-order valence-electron chi connectivity index (χ0n) is 15.3. The van der Waals surface area contributed by atoms with Crippen LogP contribution < -0.4 is 5.32 Å². The Morgan fingerprint density at radius 3 is 2.62 bits per heavy atom. The fourth-order valence-electron chi connectivity index (χ4n) is 3.61. The average Bonchev–Trinajstić information content (AvgIpc) is 3.16. The number of likely N-dealkylation sites (tertiary alicyclic amines) is 1. The summed E-state index contributed by atoms with van der Waals surface area (Å²) in [7, 11) is 4.01. The maximum atomic E-state index is 13.0. The second-order valence-corrected chi connectivity index (χ2v) is 10.1. The molecule has 1 N–H and O–H groups in total. The van der Waals surface area contributed by atoms with Gasteiger partial charge in [0.2, 0.25) is 5.91 Å². The van der Waals surface area contributed by atoms with E-state index in [0.717, 1.165) is 49.7 Å². The smallest absolute Gasteiger partial charge is 0.220 e. The lowest BCUT2D eigenvalue weighted by molar-refractivity contribution is -0.122. The number of rotatable bonds is 8. The maximum absolute atomic E-state index is 13.0. The molecule has 2 fully saturated rings. The monoisotopic (exact) mass is 396 g/mol. The highest BCUT2D eigenvalue weighted by Crippen LogP contribution is 2.39. The summed E-state index contributed by atoms with van der Waals surface area (Å²) in [4.78, 5) is 14.5. The zero-order chi connectivity index (χ0) is 18.2. The number of unbranched alkanes of at least 4 members (excludes halogenated alkanes) is 1. The molecule has 2 saturated heterocycles. The largest absolute Gasteiger partial charge is 0.353 e. The Bertz CT molecular complexity index is 555. The lowest BCUT2D eigenvalue weighted by Gasteiger charge is -2.32. The van der Waals surface area contributed by atoms with Crippen LogP contribution in [0.3, 0.4) is 0 Å². The van der Waals surface area contributed by atoms with Gasteiger partial charge in [-0.2, -0.15) is 0 Å². The van der Waals surface area contributed by atoms with Crippen molar-refractivity contribution in [3.05, 3.63) is 35.6 Å². The molecular weight excluding hydrogens is 367 g/mol. The van der Waals surface area contributed by atoms with Crippen molar-refractivity contribution in [2.24, 2.45) is 0 Å². The third-order valence-corrected chi connectivity index (χ3v) is 8.19. The summed E-state index contributed by atoms with van der Waals surface area (Å²) in [6.07, 6.45) is 7.44. The van der Waals surface area contributed by atoms with Crippen LogP contribution in [0.15, 0.2) is 24.3 Å². The molecule has 144 valence electrons. The predicted octanol–water partition coefficient (Wildman–Crippen LogP) is 4.62. The van der Waals surface area contributed by atoms with Crippen LogP contribution in [0.25, 0.3) is 0 Å². The van der Waals surface area contributed by atoms with E-state index in [-0.39, 0.29) is 11.7 Å². The number of nitrogens with zero attached hydrogens (tertiary/aromatic N) is 1. The summed E-state index contributed by atoms with van der Waals surface area (Å²) >= 11 is 0. The van der Waals surface area contributed by atoms with Gasteiger partial charge in [-0.25, -0.2) is 4.39 Å². The number of piperidine rings is 1. The molecule has 2 heterocycles. The second kappa shape index (κ2) is 10.6. The van der Waals surface area contributed by atoms with Crippen molar-refractivity contribution in [3.8, 4) is 0 Å². The zero-order valence-corrected chi connectivity index (χ0v) is 16.9. The second-order valence-electron chi connectivity index (χ2n) is 7.32. The Hall–Kier alpha value is -0.720. The number of nitrogens with one attached hydrogen (secondary N) is 1. The highest BCUT2D eigenvalue weighted by Gasteiger charge is 2.21. The van der Waals surface area contributed by atoms with Crippen molar-refractivity contribution in [1.82, 2.24) is 10.2 Å². The van der Waals surface area contributed by atoms with Gasteiger partial charge in [0.1, 0.15) is 5.82 Å². The Morgan fingerprint density at radius 1 is 1.15 bits per heavy atom. The van der Waals surface area contributed by atoms with E-state index in [4.69, 9.17) is 0 Å². The molecule has 0 aliphatic carbocycles. The van der Waals surface area contributed by atoms with Crippen LogP contribution >= 0.6 is 21.6 Å². The van der Waals surface area contributed by atoms with Gasteiger partial charge in [0.05, 0.1) is 0 Å². The van der Waals surface area contributed by atoms with Gasteiger partial charge in [0.15, 0.2) is 0 Å². The standard InChI is InChI=1S/C20H29FN2OS2/c21-17-7-5-16(6-8-17)15-23-12-9-18(10-13-23)22-20(24)4-2-1-3-19-11-14-25-26-19/h5-8,18-19H,1-4,9-15H2,(H,22,24)/t19-/m0/s1. The van der Waals surface area contributed by atoms with E-state index >= 15 is 0 Å². The molecule has 0 aromatic heterocycles. The molecule has 1 aromatic rings. The van der Waals surface area contributed by atoms with Crippen LogP contribution in [-0.4, -0.2) is 40.9 Å². The van der Waals surface area contributed by atoms with Crippen molar-refractivity contribution in [3.63, 3.8) is 0 Å². The van der Waals surface area contributed by atoms with Crippen molar-refractivity contribution >= 4 is 27.5 Å². The molecule has 0 radical (unpaired) electrons. The topological polar surface area (TPSA) is 32.3 Å². The first-order valence-corrected chi connectivity index (χ1v) is 12.1. The third kappa shape index (κ3) is 6.78. The molecule has 0 bridgehead atoms. The fraction of sp³-hybridized carbons (Fsp3) is 0.650. The highest BCUT2D eigenvalue weighted by atomic mass is 33.1. The first-order chi connectivity index (χ1) is 12.7. The summed E-state index contributed by atoms with van der Waals surface area (Å²) in [6, 6.07) is 7.06. The number of carbonyl (C=O) groups excluding carboxylic acids is 1. The van der Waals surface area contributed by atoms with Crippen molar-refractivity contribution in [2.45, 2.75) is 62.8 Å². The Labute approximate surface area is 164 Å². The minimum atomic E-state index is -0.184. The molecule has 1 aromatic carbocycles. The van der Waals surface area contributed by atoms with Gasteiger partial charge in [-0.1, -0.05) is 40.1 Å². The third-order valence-electron chi connectivity index (χ3n) is 5.18. The highest BCUT2D eigenvalue weighted by molar-refractivity contribution is 8.77. The number of carbonyl (C=O) groups is 1. The van der Waals surface area contributed by atoms with Gasteiger partial charge in [-0.3, -0.25) is 9.69 Å². The Kier molecular flexibility index (Phi) is 8.14. The molecule has 0 saturated carbocycles. The number of hydrogen-bond donors (Lipinski definition) is 1. The molecule has 26 heavy (non-hydrogen) atoms. The lowest BCUT2D eigenvalue weighted by atomic mass is 10.0. The van der Waals surface area contributed by atoms with Crippen LogP contribution in [0.5, 0.6) is 0 Å². The summed E-state index contributed by atoms with van der Waals surface area (Å²) in [6.45, 7) is 2.83. The van der Waals surface area contributed by atoms with Crippen molar-refractivity contribution < 1.29 is 9.18 Å². The van der Waals surface area contributed by atoms with Crippen molar-refractivity contribution in [2.75, 3.05) is 18.8 Å². The van der Waals surface area contributed by atoms with Gasteiger partial charge in [0.25, 0.3) is 0 Å². The van der Waals surface area contributed by atoms with Crippen LogP contribution in [0.4, 0.5) is 4.39 Å². The maximum Gasteiger partial charge on any atom is 0.220 e. The summed E-state index contributed by atoms with van der Waals surface area (Å²) < 4.78 is 13.0. The van der Waals surface area contributed by atoms with E-state index in [0.29, 0.717) is 12.5 Å². The molecule has 1 atom stereocenters. The molecule has 3 rings (SSSR count). The van der Waals surface area contributed by atoms with Crippen LogP contribution in [0.2, 0.25) is 0 Å². The number of benzene rings is 1. The van der Waals surface area contributed by atoms with Crippen LogP contribution in [-0.2, 0) is 11.3 Å². The van der Waals surface area contributed by atoms with Crippen molar-refractivity contribution in [1.29, 1.82) is 0 Å². The molecule has 1 amide bonds. The van der Waals surface area contributed by atoms with E-state index in [1.807, 2.05) is 33.7 Å². The van der Waals surface area contributed by atoms with Crippen LogP contribution in [0.1, 0.15) is 50.5 Å². The lowest BCUT2D eigenvalue weighted by Crippen LogP contribution is -2.44. The Morgan fingerprint density at radius 2 is 1.92 bits per heavy atom. The van der Waals surface area contributed by atoms with Gasteiger partial charge in [-0.15, -0.1) is 0 Å². The van der Waals surface area contributed by atoms with Gasteiger partial charge in [0, 0.05) is 43.1 Å². The molecular formula is C20H29FN2OS2. The molecule has 2 aliphatic rings. The Balaban J connectivity index is 1.27. The van der Waals surface area contributed by atoms with E-state index in [9.17, 15) is 9.18 Å². The predicted molar refractivity (Wildman–Crippen MR) is 110 cm³/mol. The summed E-state index contributed by atoms with van der Waals surface area (Å²) in [5.74, 6) is 1.32. The van der Waals surface area contributed by atoms with E-state index < -0.39 is 0 Å². The molecule has 0 spiro atoms. The fourth-order valence-corrected chi connectivity index (χ4v) is 6.63. The van der Waals surface area contributed by atoms with E-state index in [2.05, 4.69) is 10.2 Å². The van der Waals surface area contributed by atoms with E-state index in [1.165, 1.54) is 37.1 Å².